The lowest BCUT2D eigenvalue weighted by atomic mass is 10.1. The fourth-order valence-corrected chi connectivity index (χ4v) is 2.30. The van der Waals surface area contributed by atoms with Gasteiger partial charge < -0.3 is 5.32 Å². The largest absolute Gasteiger partial charge is 0.340 e. The van der Waals surface area contributed by atoms with Gasteiger partial charge in [-0.2, -0.15) is 0 Å². The van der Waals surface area contributed by atoms with Crippen molar-refractivity contribution in [3.63, 3.8) is 0 Å². The molecule has 0 amide bonds. The maximum atomic E-state index is 5.99. The van der Waals surface area contributed by atoms with E-state index in [0.29, 0.717) is 5.02 Å². The molecule has 1 heterocycles. The van der Waals surface area contributed by atoms with E-state index in [0.717, 1.165) is 28.8 Å². The molecule has 2 aromatic carbocycles. The van der Waals surface area contributed by atoms with Gasteiger partial charge in [0.1, 0.15) is 12.1 Å². The molecule has 3 rings (SSSR count). The molecule has 100 valence electrons. The number of aryl methyl sites for hydroxylation is 1. The van der Waals surface area contributed by atoms with Crippen LogP contribution in [0.25, 0.3) is 10.9 Å². The highest BCUT2D eigenvalue weighted by Crippen LogP contribution is 2.25. The maximum absolute atomic E-state index is 5.99. The van der Waals surface area contributed by atoms with Crippen LogP contribution >= 0.6 is 11.6 Å². The van der Waals surface area contributed by atoms with E-state index < -0.39 is 0 Å². The lowest BCUT2D eigenvalue weighted by Gasteiger charge is -2.09. The van der Waals surface area contributed by atoms with Crippen LogP contribution in [-0.4, -0.2) is 9.97 Å². The quantitative estimate of drug-likeness (QED) is 0.764. The Morgan fingerprint density at radius 2 is 2.00 bits per heavy atom. The van der Waals surface area contributed by atoms with Gasteiger partial charge in [-0.25, -0.2) is 9.97 Å². The predicted octanol–water partition coefficient (Wildman–Crippen LogP) is 4.59. The first-order chi connectivity index (χ1) is 9.76. The first-order valence-electron chi connectivity index (χ1n) is 6.52. The normalized spacial score (nSPS) is 10.7. The van der Waals surface area contributed by atoms with Crippen LogP contribution < -0.4 is 5.32 Å². The van der Waals surface area contributed by atoms with Gasteiger partial charge in [0.05, 0.1) is 5.52 Å². The molecule has 20 heavy (non-hydrogen) atoms. The highest BCUT2D eigenvalue weighted by atomic mass is 35.5. The van der Waals surface area contributed by atoms with Gasteiger partial charge in [-0.15, -0.1) is 0 Å². The molecule has 0 radical (unpaired) electrons. The standard InChI is InChI=1S/C16H14ClN3/c1-2-11-4-3-5-13(8-11)20-16-14-7-6-12(17)9-15(14)18-10-19-16/h3-10H,2H2,1H3,(H,18,19,20). The Hall–Kier alpha value is -2.13. The number of aromatic nitrogens is 2. The highest BCUT2D eigenvalue weighted by molar-refractivity contribution is 6.31. The lowest BCUT2D eigenvalue weighted by molar-refractivity contribution is 1.14. The number of hydrogen-bond donors (Lipinski definition) is 1. The SMILES string of the molecule is CCc1cccc(Nc2ncnc3cc(Cl)ccc23)c1. The number of anilines is 2. The first kappa shape index (κ1) is 12.9. The third kappa shape index (κ3) is 2.58. The van der Waals surface area contributed by atoms with Gasteiger partial charge in [-0.3, -0.25) is 0 Å². The zero-order valence-corrected chi connectivity index (χ0v) is 11.9. The van der Waals surface area contributed by atoms with Crippen LogP contribution in [0, 0.1) is 0 Å². The summed E-state index contributed by atoms with van der Waals surface area (Å²) in [6, 6.07) is 13.9. The summed E-state index contributed by atoms with van der Waals surface area (Å²) in [4.78, 5) is 8.56. The van der Waals surface area contributed by atoms with Crippen LogP contribution in [0.15, 0.2) is 48.8 Å². The van der Waals surface area contributed by atoms with Crippen molar-refractivity contribution in [1.29, 1.82) is 0 Å². The number of benzene rings is 2. The molecule has 1 N–H and O–H groups in total. The number of hydrogen-bond acceptors (Lipinski definition) is 3. The Balaban J connectivity index is 2.02. The zero-order valence-electron chi connectivity index (χ0n) is 11.1. The predicted molar refractivity (Wildman–Crippen MR) is 83.7 cm³/mol. The van der Waals surface area contributed by atoms with Crippen molar-refractivity contribution in [2.75, 3.05) is 5.32 Å². The van der Waals surface area contributed by atoms with Crippen LogP contribution in [0.2, 0.25) is 5.02 Å². The number of halogens is 1. The molecule has 1 aromatic heterocycles. The third-order valence-corrected chi connectivity index (χ3v) is 3.43. The molecule has 4 heteroatoms. The second kappa shape index (κ2) is 5.47. The Morgan fingerprint density at radius 1 is 1.10 bits per heavy atom. The molecule has 0 atom stereocenters. The minimum Gasteiger partial charge on any atom is -0.340 e. The molecule has 0 aliphatic carbocycles. The molecule has 0 unspecified atom stereocenters. The summed E-state index contributed by atoms with van der Waals surface area (Å²) in [5, 5.41) is 4.98. The van der Waals surface area contributed by atoms with Crippen molar-refractivity contribution in [3.8, 4) is 0 Å². The van der Waals surface area contributed by atoms with E-state index in [1.54, 1.807) is 6.33 Å². The zero-order chi connectivity index (χ0) is 13.9. The van der Waals surface area contributed by atoms with Gasteiger partial charge in [0.2, 0.25) is 0 Å². The molecule has 3 nitrogen and oxygen atoms in total. The van der Waals surface area contributed by atoms with E-state index >= 15 is 0 Å². The summed E-state index contributed by atoms with van der Waals surface area (Å²) in [5.41, 5.74) is 3.15. The number of rotatable bonds is 3. The van der Waals surface area contributed by atoms with E-state index in [4.69, 9.17) is 11.6 Å². The van der Waals surface area contributed by atoms with Crippen molar-refractivity contribution >= 4 is 34.0 Å². The summed E-state index contributed by atoms with van der Waals surface area (Å²) in [6.07, 6.45) is 2.56. The second-order valence-electron chi connectivity index (χ2n) is 4.56. The van der Waals surface area contributed by atoms with Crippen LogP contribution in [-0.2, 0) is 6.42 Å². The van der Waals surface area contributed by atoms with Crippen molar-refractivity contribution in [1.82, 2.24) is 9.97 Å². The molecular weight excluding hydrogens is 270 g/mol. The van der Waals surface area contributed by atoms with Crippen LogP contribution in [0.1, 0.15) is 12.5 Å². The van der Waals surface area contributed by atoms with Crippen molar-refractivity contribution in [2.24, 2.45) is 0 Å². The maximum Gasteiger partial charge on any atom is 0.141 e. The molecule has 0 aliphatic rings. The van der Waals surface area contributed by atoms with E-state index in [-0.39, 0.29) is 0 Å². The Labute approximate surface area is 122 Å². The smallest absolute Gasteiger partial charge is 0.141 e. The van der Waals surface area contributed by atoms with Gasteiger partial charge in [-0.05, 0) is 42.3 Å². The highest BCUT2D eigenvalue weighted by Gasteiger charge is 2.04. The molecule has 3 aromatic rings. The molecule has 0 saturated heterocycles. The van der Waals surface area contributed by atoms with Gasteiger partial charge in [-0.1, -0.05) is 30.7 Å². The number of fused-ring (bicyclic) bond motifs is 1. The van der Waals surface area contributed by atoms with E-state index in [1.165, 1.54) is 5.56 Å². The summed E-state index contributed by atoms with van der Waals surface area (Å²) in [7, 11) is 0. The monoisotopic (exact) mass is 283 g/mol. The third-order valence-electron chi connectivity index (χ3n) is 3.20. The number of nitrogens with zero attached hydrogens (tertiary/aromatic N) is 2. The van der Waals surface area contributed by atoms with Crippen LogP contribution in [0.4, 0.5) is 11.5 Å². The average Bonchev–Trinajstić information content (AvgIpc) is 2.47. The van der Waals surface area contributed by atoms with E-state index in [9.17, 15) is 0 Å². The summed E-state index contributed by atoms with van der Waals surface area (Å²) < 4.78 is 0. The Kier molecular flexibility index (Phi) is 3.52. The summed E-state index contributed by atoms with van der Waals surface area (Å²) in [5.74, 6) is 0.792. The molecule has 0 saturated carbocycles. The van der Waals surface area contributed by atoms with Crippen LogP contribution in [0.5, 0.6) is 0 Å². The van der Waals surface area contributed by atoms with Crippen LogP contribution in [0.3, 0.4) is 0 Å². The summed E-state index contributed by atoms with van der Waals surface area (Å²) >= 11 is 5.99. The van der Waals surface area contributed by atoms with Crippen molar-refractivity contribution in [2.45, 2.75) is 13.3 Å². The van der Waals surface area contributed by atoms with Crippen molar-refractivity contribution in [3.05, 3.63) is 59.4 Å². The molecule has 0 aliphatic heterocycles. The topological polar surface area (TPSA) is 37.8 Å². The van der Waals surface area contributed by atoms with Gasteiger partial charge in [0.25, 0.3) is 0 Å². The molecular formula is C16H14ClN3. The molecule has 0 spiro atoms. The second-order valence-corrected chi connectivity index (χ2v) is 5.00. The molecule has 0 fully saturated rings. The average molecular weight is 284 g/mol. The fraction of sp³-hybridized carbons (Fsp3) is 0.125. The van der Waals surface area contributed by atoms with E-state index in [2.05, 4.69) is 34.3 Å². The first-order valence-corrected chi connectivity index (χ1v) is 6.90. The van der Waals surface area contributed by atoms with Gasteiger partial charge >= 0.3 is 0 Å². The Morgan fingerprint density at radius 3 is 2.85 bits per heavy atom. The van der Waals surface area contributed by atoms with E-state index in [1.807, 2.05) is 30.3 Å². The number of nitrogens with one attached hydrogen (secondary N) is 1. The van der Waals surface area contributed by atoms with Gasteiger partial charge in [0, 0.05) is 16.1 Å². The minimum absolute atomic E-state index is 0.676. The van der Waals surface area contributed by atoms with Crippen molar-refractivity contribution < 1.29 is 0 Å². The molecule has 0 bridgehead atoms. The van der Waals surface area contributed by atoms with Gasteiger partial charge in [0.15, 0.2) is 0 Å². The minimum atomic E-state index is 0.676. The lowest BCUT2D eigenvalue weighted by Crippen LogP contribution is -1.96. The summed E-state index contributed by atoms with van der Waals surface area (Å²) in [6.45, 7) is 2.14. The Bertz CT molecular complexity index is 756. The fourth-order valence-electron chi connectivity index (χ4n) is 2.14.